The Labute approximate surface area is 157 Å². The van der Waals surface area contributed by atoms with Crippen LogP contribution in [0.25, 0.3) is 11.8 Å². The van der Waals surface area contributed by atoms with E-state index in [1.54, 1.807) is 31.5 Å². The highest BCUT2D eigenvalue weighted by atomic mass is 35.5. The number of amides is 1. The number of nitrogens with zero attached hydrogens (tertiary/aromatic N) is 8. The predicted octanol–water partition coefficient (Wildman–Crippen LogP) is 1.85. The Hall–Kier alpha value is -3.66. The SMILES string of the molecule is Cc1c(C(=O)Nc2cnc(-n3nccn3)c(Cl)c2)cnn1-c1ncccn1. The van der Waals surface area contributed by atoms with Crippen molar-refractivity contribution in [3.8, 4) is 11.8 Å². The number of pyridine rings is 1. The summed E-state index contributed by atoms with van der Waals surface area (Å²) < 4.78 is 1.49. The highest BCUT2D eigenvalue weighted by Crippen LogP contribution is 2.21. The molecule has 0 fully saturated rings. The summed E-state index contributed by atoms with van der Waals surface area (Å²) in [6.45, 7) is 1.76. The molecule has 0 aliphatic heterocycles. The van der Waals surface area contributed by atoms with E-state index in [2.05, 4.69) is 35.6 Å². The van der Waals surface area contributed by atoms with E-state index >= 15 is 0 Å². The molecule has 10 nitrogen and oxygen atoms in total. The van der Waals surface area contributed by atoms with Crippen molar-refractivity contribution >= 4 is 23.2 Å². The molecule has 134 valence electrons. The molecule has 4 aromatic heterocycles. The van der Waals surface area contributed by atoms with E-state index in [0.717, 1.165) is 0 Å². The fourth-order valence-electron chi connectivity index (χ4n) is 2.40. The average molecular weight is 382 g/mol. The van der Waals surface area contributed by atoms with Crippen LogP contribution in [0.2, 0.25) is 5.02 Å². The molecule has 0 radical (unpaired) electrons. The highest BCUT2D eigenvalue weighted by molar-refractivity contribution is 6.32. The second-order valence-corrected chi connectivity index (χ2v) is 5.81. The van der Waals surface area contributed by atoms with Gasteiger partial charge >= 0.3 is 0 Å². The van der Waals surface area contributed by atoms with Crippen LogP contribution in [-0.4, -0.2) is 45.6 Å². The van der Waals surface area contributed by atoms with E-state index in [-0.39, 0.29) is 5.91 Å². The summed E-state index contributed by atoms with van der Waals surface area (Å²) in [6, 6.07) is 3.28. The number of carbonyl (C=O) groups is 1. The van der Waals surface area contributed by atoms with E-state index in [9.17, 15) is 4.79 Å². The Morgan fingerprint density at radius 2 is 1.78 bits per heavy atom. The van der Waals surface area contributed by atoms with Crippen molar-refractivity contribution in [1.82, 2.24) is 39.7 Å². The molecule has 11 heteroatoms. The Bertz CT molecular complexity index is 1090. The second-order valence-electron chi connectivity index (χ2n) is 5.41. The topological polar surface area (TPSA) is 116 Å². The Morgan fingerprint density at radius 3 is 2.48 bits per heavy atom. The first-order valence-electron chi connectivity index (χ1n) is 7.79. The predicted molar refractivity (Wildman–Crippen MR) is 96.0 cm³/mol. The standard InChI is InChI=1S/C16H12ClN9O/c1-10-12(9-23-25(10)16-18-3-2-4-19-16)15(27)24-11-7-13(17)14(20-8-11)26-21-5-6-22-26/h2-9H,1H3,(H,24,27). The van der Waals surface area contributed by atoms with Crippen LogP contribution in [-0.2, 0) is 0 Å². The van der Waals surface area contributed by atoms with Gasteiger partial charge in [0.25, 0.3) is 11.9 Å². The van der Waals surface area contributed by atoms with Gasteiger partial charge in [0, 0.05) is 12.4 Å². The first-order chi connectivity index (χ1) is 13.1. The van der Waals surface area contributed by atoms with Crippen molar-refractivity contribution in [2.75, 3.05) is 5.32 Å². The van der Waals surface area contributed by atoms with E-state index in [1.165, 1.54) is 34.3 Å². The zero-order valence-corrected chi connectivity index (χ0v) is 14.7. The zero-order valence-electron chi connectivity index (χ0n) is 14.0. The first-order valence-corrected chi connectivity index (χ1v) is 8.17. The molecule has 0 spiro atoms. The number of anilines is 1. The van der Waals surface area contributed by atoms with Gasteiger partial charge in [-0.2, -0.15) is 15.3 Å². The maximum Gasteiger partial charge on any atom is 0.259 e. The fourth-order valence-corrected chi connectivity index (χ4v) is 2.65. The van der Waals surface area contributed by atoms with Crippen LogP contribution in [0.3, 0.4) is 0 Å². The number of carbonyl (C=O) groups excluding carboxylic acids is 1. The molecule has 0 unspecified atom stereocenters. The van der Waals surface area contributed by atoms with Crippen LogP contribution >= 0.6 is 11.6 Å². The summed E-state index contributed by atoms with van der Waals surface area (Å²) in [4.78, 5) is 26.3. The molecule has 0 aromatic carbocycles. The molecule has 0 aliphatic carbocycles. The molecule has 0 bridgehead atoms. The molecule has 4 rings (SSSR count). The molecule has 1 amide bonds. The van der Waals surface area contributed by atoms with Crippen LogP contribution in [0, 0.1) is 6.92 Å². The van der Waals surface area contributed by atoms with Crippen LogP contribution in [0.1, 0.15) is 16.1 Å². The van der Waals surface area contributed by atoms with Crippen molar-refractivity contribution in [1.29, 1.82) is 0 Å². The van der Waals surface area contributed by atoms with E-state index in [4.69, 9.17) is 11.6 Å². The van der Waals surface area contributed by atoms with Gasteiger partial charge in [-0.3, -0.25) is 4.79 Å². The summed E-state index contributed by atoms with van der Waals surface area (Å²) in [5.74, 6) is 0.400. The zero-order chi connectivity index (χ0) is 18.8. The Kier molecular flexibility index (Phi) is 4.30. The number of rotatable bonds is 4. The van der Waals surface area contributed by atoms with Gasteiger partial charge in [-0.15, -0.1) is 4.80 Å². The largest absolute Gasteiger partial charge is 0.320 e. The second kappa shape index (κ2) is 6.92. The summed E-state index contributed by atoms with van der Waals surface area (Å²) in [6.07, 6.45) is 9.18. The van der Waals surface area contributed by atoms with E-state index in [0.29, 0.717) is 33.7 Å². The van der Waals surface area contributed by atoms with E-state index < -0.39 is 0 Å². The average Bonchev–Trinajstić information content (AvgIpc) is 3.32. The van der Waals surface area contributed by atoms with Crippen LogP contribution in [0.5, 0.6) is 0 Å². The molecule has 27 heavy (non-hydrogen) atoms. The van der Waals surface area contributed by atoms with Crippen molar-refractivity contribution in [2.45, 2.75) is 6.92 Å². The lowest BCUT2D eigenvalue weighted by atomic mass is 10.2. The van der Waals surface area contributed by atoms with Gasteiger partial charge in [0.15, 0.2) is 5.82 Å². The lowest BCUT2D eigenvalue weighted by Crippen LogP contribution is -2.14. The van der Waals surface area contributed by atoms with Crippen molar-refractivity contribution < 1.29 is 4.79 Å². The van der Waals surface area contributed by atoms with Crippen molar-refractivity contribution in [3.05, 3.63) is 65.6 Å². The molecule has 4 heterocycles. The number of aromatic nitrogens is 8. The van der Waals surface area contributed by atoms with Crippen LogP contribution < -0.4 is 5.32 Å². The van der Waals surface area contributed by atoms with Gasteiger partial charge in [-0.1, -0.05) is 11.6 Å². The van der Waals surface area contributed by atoms with Gasteiger partial charge in [0.1, 0.15) is 0 Å². The van der Waals surface area contributed by atoms with Gasteiger partial charge in [0.05, 0.1) is 46.8 Å². The van der Waals surface area contributed by atoms with Crippen molar-refractivity contribution in [3.63, 3.8) is 0 Å². The van der Waals surface area contributed by atoms with Gasteiger partial charge in [-0.25, -0.2) is 19.6 Å². The molecule has 0 saturated heterocycles. The summed E-state index contributed by atoms with van der Waals surface area (Å²) >= 11 is 6.22. The minimum absolute atomic E-state index is 0.300. The highest BCUT2D eigenvalue weighted by Gasteiger charge is 2.17. The van der Waals surface area contributed by atoms with Crippen LogP contribution in [0.4, 0.5) is 5.69 Å². The quantitative estimate of drug-likeness (QED) is 0.573. The fraction of sp³-hybridized carbons (Fsp3) is 0.0625. The van der Waals surface area contributed by atoms with Gasteiger partial charge in [0.2, 0.25) is 0 Å². The third kappa shape index (κ3) is 3.25. The number of nitrogens with one attached hydrogen (secondary N) is 1. The number of hydrogen-bond acceptors (Lipinski definition) is 7. The maximum atomic E-state index is 12.6. The Balaban J connectivity index is 1.56. The van der Waals surface area contributed by atoms with Crippen molar-refractivity contribution in [2.24, 2.45) is 0 Å². The van der Waals surface area contributed by atoms with Crippen LogP contribution in [0.15, 0.2) is 49.3 Å². The number of halogens is 1. The normalized spacial score (nSPS) is 10.7. The smallest absolute Gasteiger partial charge is 0.259 e. The lowest BCUT2D eigenvalue weighted by molar-refractivity contribution is 0.102. The minimum Gasteiger partial charge on any atom is -0.320 e. The molecular formula is C16H12ClN9O. The van der Waals surface area contributed by atoms with Gasteiger partial charge < -0.3 is 5.32 Å². The monoisotopic (exact) mass is 381 g/mol. The minimum atomic E-state index is -0.350. The molecule has 4 aromatic rings. The first kappa shape index (κ1) is 16.8. The molecule has 0 saturated carbocycles. The number of hydrogen-bond donors (Lipinski definition) is 1. The molecule has 0 aliphatic rings. The lowest BCUT2D eigenvalue weighted by Gasteiger charge is -2.07. The maximum absolute atomic E-state index is 12.6. The molecule has 1 N–H and O–H groups in total. The summed E-state index contributed by atoms with van der Waals surface area (Å²) in [5.41, 5.74) is 1.43. The summed E-state index contributed by atoms with van der Waals surface area (Å²) in [7, 11) is 0. The molecule has 0 atom stereocenters. The summed E-state index contributed by atoms with van der Waals surface area (Å²) in [5, 5.41) is 15.2. The third-order valence-electron chi connectivity index (χ3n) is 3.68. The molecular weight excluding hydrogens is 370 g/mol. The Morgan fingerprint density at radius 1 is 1.04 bits per heavy atom. The van der Waals surface area contributed by atoms with Gasteiger partial charge in [-0.05, 0) is 19.1 Å². The third-order valence-corrected chi connectivity index (χ3v) is 3.96. The van der Waals surface area contributed by atoms with E-state index in [1.807, 2.05) is 0 Å².